The first-order chi connectivity index (χ1) is 9.13. The number of ether oxygens (including phenoxy) is 1. The van der Waals surface area contributed by atoms with E-state index in [4.69, 9.17) is 4.74 Å². The predicted molar refractivity (Wildman–Crippen MR) is 77.0 cm³/mol. The van der Waals surface area contributed by atoms with Gasteiger partial charge in [0, 0.05) is 23.7 Å². The quantitative estimate of drug-likeness (QED) is 0.751. The fraction of sp³-hybridized carbons (Fsp3) is 0.941. The van der Waals surface area contributed by atoms with E-state index in [-0.39, 0.29) is 28.8 Å². The molecule has 0 amide bonds. The van der Waals surface area contributed by atoms with Crippen LogP contribution in [0.4, 0.5) is 0 Å². The van der Waals surface area contributed by atoms with Crippen LogP contribution in [-0.4, -0.2) is 22.8 Å². The normalized spacial score (nSPS) is 52.7. The van der Waals surface area contributed by atoms with Crippen LogP contribution in [0.5, 0.6) is 0 Å². The third-order valence-corrected chi connectivity index (χ3v) is 7.30. The molecule has 4 aliphatic rings. The molecule has 0 heterocycles. The van der Waals surface area contributed by atoms with Crippen LogP contribution in [0.3, 0.4) is 0 Å². The lowest BCUT2D eigenvalue weighted by Gasteiger charge is -2.72. The van der Waals surface area contributed by atoms with Gasteiger partial charge in [-0.3, -0.25) is 4.79 Å². The Morgan fingerprint density at radius 2 is 1.90 bits per heavy atom. The summed E-state index contributed by atoms with van der Waals surface area (Å²) in [5.41, 5.74) is -0.920. The molecule has 0 aromatic carbocycles. The van der Waals surface area contributed by atoms with Crippen LogP contribution in [0, 0.1) is 28.6 Å². The van der Waals surface area contributed by atoms with Gasteiger partial charge in [-0.15, -0.1) is 0 Å². The monoisotopic (exact) mass is 280 g/mol. The van der Waals surface area contributed by atoms with Gasteiger partial charge in [-0.05, 0) is 37.5 Å². The summed E-state index contributed by atoms with van der Waals surface area (Å²) in [5.74, 6) is 1.32. The molecule has 3 nitrogen and oxygen atoms in total. The summed E-state index contributed by atoms with van der Waals surface area (Å²) in [6, 6.07) is 0. The van der Waals surface area contributed by atoms with Crippen LogP contribution >= 0.6 is 0 Å². The van der Waals surface area contributed by atoms with Gasteiger partial charge in [0.25, 0.3) is 0 Å². The number of fused-ring (bicyclic) bond motifs is 1. The molecule has 0 radical (unpaired) electrons. The molecule has 4 fully saturated rings. The number of carbonyl (C=O) groups excluding carboxylic acids is 1. The lowest BCUT2D eigenvalue weighted by atomic mass is 9.35. The minimum Gasteiger partial charge on any atom is -0.462 e. The maximum absolute atomic E-state index is 11.5. The highest BCUT2D eigenvalue weighted by Crippen LogP contribution is 2.71. The number of hydrogen-bond donors (Lipinski definition) is 1. The predicted octanol–water partition coefficient (Wildman–Crippen LogP) is 3.15. The van der Waals surface area contributed by atoms with E-state index in [0.29, 0.717) is 11.8 Å². The van der Waals surface area contributed by atoms with Crippen molar-refractivity contribution >= 4 is 5.97 Å². The molecular formula is C17H28O3. The Hall–Kier alpha value is -0.570. The first kappa shape index (κ1) is 14.4. The average Bonchev–Trinajstić information content (AvgIpc) is 2.31. The van der Waals surface area contributed by atoms with Crippen molar-refractivity contribution in [3.8, 4) is 0 Å². The summed E-state index contributed by atoms with van der Waals surface area (Å²) in [6.07, 6.45) is 3.90. The Balaban J connectivity index is 2.05. The maximum Gasteiger partial charge on any atom is 0.302 e. The number of rotatable bonds is 1. The molecule has 20 heavy (non-hydrogen) atoms. The molecular weight excluding hydrogens is 252 g/mol. The Labute approximate surface area is 122 Å². The van der Waals surface area contributed by atoms with Crippen LogP contribution < -0.4 is 0 Å². The van der Waals surface area contributed by atoms with Gasteiger partial charge < -0.3 is 9.84 Å². The van der Waals surface area contributed by atoms with E-state index < -0.39 is 5.60 Å². The largest absolute Gasteiger partial charge is 0.462 e. The standard InChI is InChI=1S/C17H28O3/c1-10-6-7-17(19)15(3,4)13-8-12(10)16(17,5)9-14(13)20-11(2)18/h10,12-14,19H,6-9H2,1-5H3/t10-,12-,13-,14-,16-,17+/m0/s1. The molecule has 1 N–H and O–H groups in total. The van der Waals surface area contributed by atoms with Crippen LogP contribution in [0.1, 0.15) is 60.3 Å². The highest BCUT2D eigenvalue weighted by atomic mass is 16.5. The average molecular weight is 280 g/mol. The van der Waals surface area contributed by atoms with Crippen molar-refractivity contribution in [3.05, 3.63) is 0 Å². The minimum atomic E-state index is -0.614. The van der Waals surface area contributed by atoms with Gasteiger partial charge in [-0.25, -0.2) is 0 Å². The zero-order valence-electron chi connectivity index (χ0n) is 13.4. The molecule has 6 atom stereocenters. The smallest absolute Gasteiger partial charge is 0.302 e. The molecule has 0 saturated heterocycles. The Kier molecular flexibility index (Phi) is 2.87. The van der Waals surface area contributed by atoms with Gasteiger partial charge in [0.2, 0.25) is 0 Å². The molecule has 0 aliphatic heterocycles. The molecule has 4 saturated carbocycles. The third kappa shape index (κ3) is 1.48. The summed E-state index contributed by atoms with van der Waals surface area (Å²) >= 11 is 0. The van der Waals surface area contributed by atoms with E-state index in [1.165, 1.54) is 6.92 Å². The van der Waals surface area contributed by atoms with Crippen molar-refractivity contribution in [2.45, 2.75) is 72.0 Å². The Morgan fingerprint density at radius 1 is 1.25 bits per heavy atom. The molecule has 114 valence electrons. The van der Waals surface area contributed by atoms with Gasteiger partial charge >= 0.3 is 5.97 Å². The van der Waals surface area contributed by atoms with E-state index in [9.17, 15) is 9.90 Å². The zero-order valence-corrected chi connectivity index (χ0v) is 13.4. The second kappa shape index (κ2) is 4.00. The van der Waals surface area contributed by atoms with Crippen molar-refractivity contribution < 1.29 is 14.6 Å². The first-order valence-electron chi connectivity index (χ1n) is 8.03. The minimum absolute atomic E-state index is 0.0191. The van der Waals surface area contributed by atoms with Gasteiger partial charge in [0.1, 0.15) is 6.10 Å². The van der Waals surface area contributed by atoms with Crippen LogP contribution in [0.25, 0.3) is 0 Å². The summed E-state index contributed by atoms with van der Waals surface area (Å²) < 4.78 is 5.62. The lowest BCUT2D eigenvalue weighted by Crippen LogP contribution is -2.74. The zero-order chi connectivity index (χ0) is 14.9. The van der Waals surface area contributed by atoms with Crippen LogP contribution in [-0.2, 0) is 9.53 Å². The molecule has 0 aromatic rings. The van der Waals surface area contributed by atoms with Crippen molar-refractivity contribution in [3.63, 3.8) is 0 Å². The Morgan fingerprint density at radius 3 is 2.50 bits per heavy atom. The molecule has 4 bridgehead atoms. The number of hydrogen-bond acceptors (Lipinski definition) is 3. The van der Waals surface area contributed by atoms with E-state index in [1.807, 2.05) is 0 Å². The van der Waals surface area contributed by atoms with E-state index in [1.54, 1.807) is 0 Å². The van der Waals surface area contributed by atoms with E-state index >= 15 is 0 Å². The third-order valence-electron chi connectivity index (χ3n) is 7.30. The molecule has 0 spiro atoms. The Bertz CT molecular complexity index is 444. The van der Waals surface area contributed by atoms with Crippen LogP contribution in [0.2, 0.25) is 0 Å². The van der Waals surface area contributed by atoms with Crippen molar-refractivity contribution in [2.75, 3.05) is 0 Å². The molecule has 3 heteroatoms. The lowest BCUT2D eigenvalue weighted by molar-refractivity contribution is -0.316. The summed E-state index contributed by atoms with van der Waals surface area (Å²) in [4.78, 5) is 11.4. The van der Waals surface area contributed by atoms with Gasteiger partial charge in [-0.2, -0.15) is 0 Å². The fourth-order valence-corrected chi connectivity index (χ4v) is 6.12. The summed E-state index contributed by atoms with van der Waals surface area (Å²) in [7, 11) is 0. The van der Waals surface area contributed by atoms with Crippen molar-refractivity contribution in [2.24, 2.45) is 28.6 Å². The number of esters is 1. The first-order valence-corrected chi connectivity index (χ1v) is 8.03. The summed E-state index contributed by atoms with van der Waals surface area (Å²) in [6.45, 7) is 10.4. The van der Waals surface area contributed by atoms with Gasteiger partial charge in [0.15, 0.2) is 0 Å². The molecule has 0 aromatic heterocycles. The van der Waals surface area contributed by atoms with E-state index in [0.717, 1.165) is 25.7 Å². The molecule has 0 unspecified atom stereocenters. The maximum atomic E-state index is 11.5. The van der Waals surface area contributed by atoms with Crippen molar-refractivity contribution in [1.29, 1.82) is 0 Å². The van der Waals surface area contributed by atoms with Crippen LogP contribution in [0.15, 0.2) is 0 Å². The topological polar surface area (TPSA) is 46.5 Å². The van der Waals surface area contributed by atoms with Gasteiger partial charge in [0.05, 0.1) is 5.60 Å². The SMILES string of the molecule is CC(=O)O[C@H]1C[C@@]2(C)[C@H]3C[C@@H]1C(C)(C)[C@]2(O)CC[C@@H]3C. The summed E-state index contributed by atoms with van der Waals surface area (Å²) in [5, 5.41) is 11.5. The van der Waals surface area contributed by atoms with E-state index in [2.05, 4.69) is 27.7 Å². The van der Waals surface area contributed by atoms with Gasteiger partial charge in [-0.1, -0.05) is 27.7 Å². The highest BCUT2D eigenvalue weighted by molar-refractivity contribution is 5.66. The second-order valence-electron chi connectivity index (χ2n) is 8.32. The molecule has 4 aliphatic carbocycles. The second-order valence-corrected chi connectivity index (χ2v) is 8.32. The highest BCUT2D eigenvalue weighted by Gasteiger charge is 2.72. The molecule has 4 rings (SSSR count). The fourth-order valence-electron chi connectivity index (χ4n) is 6.12. The van der Waals surface area contributed by atoms with Crippen molar-refractivity contribution in [1.82, 2.24) is 0 Å². The number of aliphatic hydroxyl groups is 1. The number of carbonyl (C=O) groups is 1.